The molecule has 0 spiro atoms. The Labute approximate surface area is 128 Å². The molecule has 0 radical (unpaired) electrons. The van der Waals surface area contributed by atoms with E-state index in [1.54, 1.807) is 0 Å². The van der Waals surface area contributed by atoms with Gasteiger partial charge in [0, 0.05) is 31.9 Å². The first kappa shape index (κ1) is 14.9. The highest BCUT2D eigenvalue weighted by Crippen LogP contribution is 2.28. The summed E-state index contributed by atoms with van der Waals surface area (Å²) < 4.78 is 0. The van der Waals surface area contributed by atoms with Gasteiger partial charge in [0.25, 0.3) is 0 Å². The minimum absolute atomic E-state index is 0.451. The third kappa shape index (κ3) is 3.98. The summed E-state index contributed by atoms with van der Waals surface area (Å²) in [5.74, 6) is 0. The number of benzene rings is 1. The SMILES string of the molecule is OC1(CNCc2ccc(N3CCCCC3)cc2)CCCC1. The zero-order valence-electron chi connectivity index (χ0n) is 13.0. The van der Waals surface area contributed by atoms with E-state index in [9.17, 15) is 5.11 Å². The first-order valence-corrected chi connectivity index (χ1v) is 8.52. The molecule has 3 nitrogen and oxygen atoms in total. The van der Waals surface area contributed by atoms with Crippen molar-refractivity contribution in [2.75, 3.05) is 24.5 Å². The topological polar surface area (TPSA) is 35.5 Å². The lowest BCUT2D eigenvalue weighted by Crippen LogP contribution is -2.37. The molecular weight excluding hydrogens is 260 g/mol. The Kier molecular flexibility index (Phi) is 4.81. The molecule has 1 saturated carbocycles. The van der Waals surface area contributed by atoms with Crippen LogP contribution in [0, 0.1) is 0 Å². The van der Waals surface area contributed by atoms with Crippen LogP contribution in [0.4, 0.5) is 5.69 Å². The number of hydrogen-bond acceptors (Lipinski definition) is 3. The van der Waals surface area contributed by atoms with Crippen LogP contribution in [0.2, 0.25) is 0 Å². The number of aliphatic hydroxyl groups is 1. The second-order valence-electron chi connectivity index (χ2n) is 6.75. The van der Waals surface area contributed by atoms with Gasteiger partial charge < -0.3 is 15.3 Å². The third-order valence-corrected chi connectivity index (χ3v) is 4.97. The van der Waals surface area contributed by atoms with Crippen molar-refractivity contribution >= 4 is 5.69 Å². The molecule has 1 aliphatic heterocycles. The number of piperidine rings is 1. The second kappa shape index (κ2) is 6.80. The van der Waals surface area contributed by atoms with E-state index in [0.717, 1.165) is 25.9 Å². The zero-order valence-corrected chi connectivity index (χ0v) is 13.0. The van der Waals surface area contributed by atoms with E-state index in [2.05, 4.69) is 34.5 Å². The standard InChI is InChI=1S/C18H28N2O/c21-18(10-2-3-11-18)15-19-14-16-6-8-17(9-7-16)20-12-4-1-5-13-20/h6-9,19,21H,1-5,10-15H2. The molecule has 0 atom stereocenters. The number of anilines is 1. The number of nitrogens with one attached hydrogen (secondary N) is 1. The molecule has 1 aliphatic carbocycles. The monoisotopic (exact) mass is 288 g/mol. The van der Waals surface area contributed by atoms with E-state index >= 15 is 0 Å². The van der Waals surface area contributed by atoms with Crippen LogP contribution in [0.5, 0.6) is 0 Å². The van der Waals surface area contributed by atoms with Crippen molar-refractivity contribution in [1.82, 2.24) is 5.32 Å². The minimum Gasteiger partial charge on any atom is -0.389 e. The van der Waals surface area contributed by atoms with Crippen LogP contribution in [0.3, 0.4) is 0 Å². The average molecular weight is 288 g/mol. The fraction of sp³-hybridized carbons (Fsp3) is 0.667. The predicted octanol–water partition coefficient (Wildman–Crippen LogP) is 3.07. The first-order chi connectivity index (χ1) is 10.3. The molecule has 2 fully saturated rings. The van der Waals surface area contributed by atoms with Crippen LogP contribution in [-0.4, -0.2) is 30.3 Å². The second-order valence-corrected chi connectivity index (χ2v) is 6.75. The maximum Gasteiger partial charge on any atom is 0.0771 e. The molecule has 3 rings (SSSR count). The fourth-order valence-electron chi connectivity index (χ4n) is 3.63. The normalized spacial score (nSPS) is 21.7. The lowest BCUT2D eigenvalue weighted by Gasteiger charge is -2.29. The Balaban J connectivity index is 1.47. The van der Waals surface area contributed by atoms with E-state index in [1.807, 2.05) is 0 Å². The molecule has 2 aliphatic rings. The molecule has 0 aromatic heterocycles. The smallest absolute Gasteiger partial charge is 0.0771 e. The predicted molar refractivity (Wildman–Crippen MR) is 87.6 cm³/mol. The zero-order chi connectivity index (χ0) is 14.5. The van der Waals surface area contributed by atoms with Gasteiger partial charge in [0.2, 0.25) is 0 Å². The lowest BCUT2D eigenvalue weighted by molar-refractivity contribution is 0.0475. The molecule has 1 heterocycles. The fourth-order valence-corrected chi connectivity index (χ4v) is 3.63. The van der Waals surface area contributed by atoms with Crippen molar-refractivity contribution in [1.29, 1.82) is 0 Å². The summed E-state index contributed by atoms with van der Waals surface area (Å²) in [6, 6.07) is 8.92. The summed E-state index contributed by atoms with van der Waals surface area (Å²) in [7, 11) is 0. The van der Waals surface area contributed by atoms with Crippen LogP contribution in [0.25, 0.3) is 0 Å². The Bertz CT molecular complexity index is 431. The van der Waals surface area contributed by atoms with Gasteiger partial charge in [-0.2, -0.15) is 0 Å². The summed E-state index contributed by atoms with van der Waals surface area (Å²) in [6.07, 6.45) is 8.26. The maximum atomic E-state index is 10.3. The van der Waals surface area contributed by atoms with Gasteiger partial charge in [0.05, 0.1) is 5.60 Å². The number of nitrogens with zero attached hydrogens (tertiary/aromatic N) is 1. The van der Waals surface area contributed by atoms with Crippen molar-refractivity contribution in [3.63, 3.8) is 0 Å². The summed E-state index contributed by atoms with van der Waals surface area (Å²) in [4.78, 5) is 2.49. The van der Waals surface area contributed by atoms with Gasteiger partial charge in [-0.1, -0.05) is 25.0 Å². The molecular formula is C18H28N2O. The number of hydrogen-bond donors (Lipinski definition) is 2. The van der Waals surface area contributed by atoms with Gasteiger partial charge in [-0.25, -0.2) is 0 Å². The van der Waals surface area contributed by atoms with Crippen molar-refractivity contribution in [2.24, 2.45) is 0 Å². The Hall–Kier alpha value is -1.06. The van der Waals surface area contributed by atoms with Gasteiger partial charge in [0.15, 0.2) is 0 Å². The maximum absolute atomic E-state index is 10.3. The summed E-state index contributed by atoms with van der Waals surface area (Å²) in [5, 5.41) is 13.7. The van der Waals surface area contributed by atoms with Crippen molar-refractivity contribution in [2.45, 2.75) is 57.1 Å². The van der Waals surface area contributed by atoms with Crippen molar-refractivity contribution in [3.8, 4) is 0 Å². The van der Waals surface area contributed by atoms with E-state index in [0.29, 0.717) is 0 Å². The van der Waals surface area contributed by atoms with Gasteiger partial charge in [-0.3, -0.25) is 0 Å². The Morgan fingerprint density at radius 1 is 0.952 bits per heavy atom. The summed E-state index contributed by atoms with van der Waals surface area (Å²) in [6.45, 7) is 3.97. The molecule has 0 unspecified atom stereocenters. The van der Waals surface area contributed by atoms with Gasteiger partial charge in [-0.15, -0.1) is 0 Å². The first-order valence-electron chi connectivity index (χ1n) is 8.52. The largest absolute Gasteiger partial charge is 0.389 e. The average Bonchev–Trinajstić information content (AvgIpc) is 2.96. The van der Waals surface area contributed by atoms with Gasteiger partial charge >= 0.3 is 0 Å². The summed E-state index contributed by atoms with van der Waals surface area (Å²) >= 11 is 0. The highest BCUT2D eigenvalue weighted by Gasteiger charge is 2.30. The van der Waals surface area contributed by atoms with Crippen molar-refractivity contribution in [3.05, 3.63) is 29.8 Å². The Morgan fingerprint density at radius 3 is 2.29 bits per heavy atom. The van der Waals surface area contributed by atoms with Crippen LogP contribution in [0.15, 0.2) is 24.3 Å². The quantitative estimate of drug-likeness (QED) is 0.874. The highest BCUT2D eigenvalue weighted by molar-refractivity contribution is 5.47. The van der Waals surface area contributed by atoms with Crippen LogP contribution in [-0.2, 0) is 6.54 Å². The van der Waals surface area contributed by atoms with Crippen LogP contribution < -0.4 is 10.2 Å². The summed E-state index contributed by atoms with van der Waals surface area (Å²) in [5.41, 5.74) is 2.21. The molecule has 116 valence electrons. The van der Waals surface area contributed by atoms with E-state index < -0.39 is 5.60 Å². The molecule has 3 heteroatoms. The number of rotatable bonds is 5. The minimum atomic E-state index is -0.451. The molecule has 0 bridgehead atoms. The molecule has 0 amide bonds. The molecule has 21 heavy (non-hydrogen) atoms. The lowest BCUT2D eigenvalue weighted by atomic mass is 10.0. The van der Waals surface area contributed by atoms with Crippen LogP contribution in [0.1, 0.15) is 50.5 Å². The molecule has 2 N–H and O–H groups in total. The molecule has 1 aromatic rings. The van der Waals surface area contributed by atoms with Gasteiger partial charge in [-0.05, 0) is 49.8 Å². The van der Waals surface area contributed by atoms with E-state index in [4.69, 9.17) is 0 Å². The van der Waals surface area contributed by atoms with Gasteiger partial charge in [0.1, 0.15) is 0 Å². The molecule has 1 aromatic carbocycles. The third-order valence-electron chi connectivity index (χ3n) is 4.97. The molecule has 1 saturated heterocycles. The highest BCUT2D eigenvalue weighted by atomic mass is 16.3. The Morgan fingerprint density at radius 2 is 1.62 bits per heavy atom. The van der Waals surface area contributed by atoms with E-state index in [1.165, 1.54) is 56.4 Å². The van der Waals surface area contributed by atoms with Crippen molar-refractivity contribution < 1.29 is 5.11 Å². The van der Waals surface area contributed by atoms with E-state index in [-0.39, 0.29) is 0 Å². The van der Waals surface area contributed by atoms with Crippen LogP contribution >= 0.6 is 0 Å².